The molecule has 1 N–H and O–H groups in total. The third kappa shape index (κ3) is 3.61. The second-order valence-corrected chi connectivity index (χ2v) is 8.31. The molecule has 0 amide bonds. The standard InChI is InChI=1S/C17H18FNO4S2/c1-22-15-7-6-11(10-16(15)23-2)25(20,21)19-14-8-9-24-17-12(14)4-3-5-13(17)18/h3-7,10,14,19H,8-9H2,1-2H3/t14-/m0/s1. The van der Waals surface area contributed by atoms with E-state index < -0.39 is 16.1 Å². The fraction of sp³-hybridized carbons (Fsp3) is 0.294. The molecule has 1 atom stereocenters. The number of rotatable bonds is 5. The number of fused-ring (bicyclic) bond motifs is 1. The average molecular weight is 383 g/mol. The number of methoxy groups -OCH3 is 2. The summed E-state index contributed by atoms with van der Waals surface area (Å²) in [6, 6.07) is 8.67. The number of ether oxygens (including phenoxy) is 2. The van der Waals surface area contributed by atoms with Gasteiger partial charge < -0.3 is 9.47 Å². The van der Waals surface area contributed by atoms with Crippen molar-refractivity contribution in [3.05, 3.63) is 47.8 Å². The molecule has 1 heterocycles. The molecule has 1 aliphatic rings. The van der Waals surface area contributed by atoms with Crippen molar-refractivity contribution in [2.24, 2.45) is 0 Å². The Balaban J connectivity index is 1.92. The fourth-order valence-corrected chi connectivity index (χ4v) is 5.15. The quantitative estimate of drug-likeness (QED) is 0.858. The van der Waals surface area contributed by atoms with Gasteiger partial charge in [0.25, 0.3) is 0 Å². The van der Waals surface area contributed by atoms with Crippen molar-refractivity contribution in [2.45, 2.75) is 22.3 Å². The molecule has 2 aromatic carbocycles. The normalized spacial score (nSPS) is 17.0. The highest BCUT2D eigenvalue weighted by Crippen LogP contribution is 2.38. The molecule has 0 aliphatic carbocycles. The van der Waals surface area contributed by atoms with E-state index in [4.69, 9.17) is 9.47 Å². The molecule has 2 aromatic rings. The maximum absolute atomic E-state index is 14.0. The highest BCUT2D eigenvalue weighted by molar-refractivity contribution is 7.99. The number of halogens is 1. The lowest BCUT2D eigenvalue weighted by Gasteiger charge is -2.26. The van der Waals surface area contributed by atoms with E-state index in [2.05, 4.69) is 4.72 Å². The van der Waals surface area contributed by atoms with E-state index in [1.165, 1.54) is 50.2 Å². The van der Waals surface area contributed by atoms with Gasteiger partial charge in [-0.25, -0.2) is 17.5 Å². The summed E-state index contributed by atoms with van der Waals surface area (Å²) in [5.41, 5.74) is 0.667. The Morgan fingerprint density at radius 1 is 1.16 bits per heavy atom. The molecule has 0 fully saturated rings. The molecule has 3 rings (SSSR count). The van der Waals surface area contributed by atoms with Gasteiger partial charge in [-0.2, -0.15) is 0 Å². The summed E-state index contributed by atoms with van der Waals surface area (Å²) < 4.78 is 52.4. The van der Waals surface area contributed by atoms with Gasteiger partial charge in [-0.3, -0.25) is 0 Å². The first-order chi connectivity index (χ1) is 12.0. The minimum atomic E-state index is -3.79. The van der Waals surface area contributed by atoms with E-state index in [-0.39, 0.29) is 10.7 Å². The number of hydrogen-bond acceptors (Lipinski definition) is 5. The lowest BCUT2D eigenvalue weighted by Crippen LogP contribution is -2.31. The lowest BCUT2D eigenvalue weighted by atomic mass is 10.0. The Kier molecular flexibility index (Phi) is 5.21. The predicted octanol–water partition coefficient (Wildman–Crippen LogP) is 3.36. The summed E-state index contributed by atoms with van der Waals surface area (Å²) >= 11 is 1.41. The van der Waals surface area contributed by atoms with Crippen molar-refractivity contribution in [3.8, 4) is 11.5 Å². The Morgan fingerprint density at radius 3 is 2.64 bits per heavy atom. The molecule has 0 saturated carbocycles. The molecule has 8 heteroatoms. The summed E-state index contributed by atoms with van der Waals surface area (Å²) in [7, 11) is -0.865. The van der Waals surface area contributed by atoms with Crippen molar-refractivity contribution < 1.29 is 22.3 Å². The molecule has 0 bridgehead atoms. The molecule has 0 spiro atoms. The number of thioether (sulfide) groups is 1. The first-order valence-electron chi connectivity index (χ1n) is 7.62. The van der Waals surface area contributed by atoms with E-state index in [0.717, 1.165) is 0 Å². The maximum atomic E-state index is 14.0. The van der Waals surface area contributed by atoms with Crippen molar-refractivity contribution in [2.75, 3.05) is 20.0 Å². The number of nitrogens with one attached hydrogen (secondary N) is 1. The highest BCUT2D eigenvalue weighted by Gasteiger charge is 2.28. The van der Waals surface area contributed by atoms with Crippen molar-refractivity contribution in [1.29, 1.82) is 0 Å². The summed E-state index contributed by atoms with van der Waals surface area (Å²) in [6.45, 7) is 0. The summed E-state index contributed by atoms with van der Waals surface area (Å²) in [4.78, 5) is 0.579. The van der Waals surface area contributed by atoms with Crippen LogP contribution in [0.25, 0.3) is 0 Å². The van der Waals surface area contributed by atoms with Gasteiger partial charge in [0.15, 0.2) is 11.5 Å². The summed E-state index contributed by atoms with van der Waals surface area (Å²) in [5.74, 6) is 1.10. The van der Waals surface area contributed by atoms with Crippen LogP contribution in [0.2, 0.25) is 0 Å². The highest BCUT2D eigenvalue weighted by atomic mass is 32.2. The second-order valence-electron chi connectivity index (χ2n) is 5.49. The molecular weight excluding hydrogens is 365 g/mol. The van der Waals surface area contributed by atoms with Gasteiger partial charge in [-0.05, 0) is 35.9 Å². The molecule has 1 aliphatic heterocycles. The van der Waals surface area contributed by atoms with Gasteiger partial charge in [0.05, 0.1) is 19.1 Å². The molecule has 0 unspecified atom stereocenters. The van der Waals surface area contributed by atoms with E-state index in [1.54, 1.807) is 12.1 Å². The summed E-state index contributed by atoms with van der Waals surface area (Å²) in [6.07, 6.45) is 0.591. The third-order valence-electron chi connectivity index (χ3n) is 3.99. The van der Waals surface area contributed by atoms with E-state index in [0.29, 0.717) is 34.1 Å². The van der Waals surface area contributed by atoms with Crippen LogP contribution in [-0.4, -0.2) is 28.4 Å². The van der Waals surface area contributed by atoms with Crippen LogP contribution in [0.15, 0.2) is 46.2 Å². The molecule has 0 aromatic heterocycles. The Bertz CT molecular complexity index is 886. The lowest BCUT2D eigenvalue weighted by molar-refractivity contribution is 0.354. The Morgan fingerprint density at radius 2 is 1.92 bits per heavy atom. The van der Waals surface area contributed by atoms with Gasteiger partial charge in [0.1, 0.15) is 5.82 Å². The monoisotopic (exact) mass is 383 g/mol. The maximum Gasteiger partial charge on any atom is 0.241 e. The van der Waals surface area contributed by atoms with Crippen molar-refractivity contribution >= 4 is 21.8 Å². The van der Waals surface area contributed by atoms with Crippen LogP contribution in [0.3, 0.4) is 0 Å². The predicted molar refractivity (Wildman–Crippen MR) is 94.3 cm³/mol. The van der Waals surface area contributed by atoms with Crippen LogP contribution >= 0.6 is 11.8 Å². The van der Waals surface area contributed by atoms with E-state index >= 15 is 0 Å². The first-order valence-corrected chi connectivity index (χ1v) is 10.1. The fourth-order valence-electron chi connectivity index (χ4n) is 2.75. The van der Waals surface area contributed by atoms with Crippen LogP contribution in [0.4, 0.5) is 4.39 Å². The zero-order valence-corrected chi connectivity index (χ0v) is 15.4. The zero-order chi connectivity index (χ0) is 18.0. The number of benzene rings is 2. The van der Waals surface area contributed by atoms with Gasteiger partial charge in [0.2, 0.25) is 10.0 Å². The Labute approximate surface area is 150 Å². The minimum Gasteiger partial charge on any atom is -0.493 e. The van der Waals surface area contributed by atoms with E-state index in [9.17, 15) is 12.8 Å². The van der Waals surface area contributed by atoms with E-state index in [1.807, 2.05) is 0 Å². The van der Waals surface area contributed by atoms with Crippen LogP contribution < -0.4 is 14.2 Å². The molecular formula is C17H18FNO4S2. The topological polar surface area (TPSA) is 64.6 Å². The third-order valence-corrected chi connectivity index (χ3v) is 6.62. The van der Waals surface area contributed by atoms with Gasteiger partial charge in [-0.15, -0.1) is 11.8 Å². The summed E-state index contributed by atoms with van der Waals surface area (Å²) in [5, 5.41) is 0. The van der Waals surface area contributed by atoms with Gasteiger partial charge in [0, 0.05) is 17.0 Å². The zero-order valence-electron chi connectivity index (χ0n) is 13.8. The van der Waals surface area contributed by atoms with Gasteiger partial charge >= 0.3 is 0 Å². The SMILES string of the molecule is COc1ccc(S(=O)(=O)N[C@H]2CCSc3c(F)cccc32)cc1OC. The second kappa shape index (κ2) is 7.23. The van der Waals surface area contributed by atoms with Crippen LogP contribution in [0.1, 0.15) is 18.0 Å². The van der Waals surface area contributed by atoms with Crippen molar-refractivity contribution in [3.63, 3.8) is 0 Å². The van der Waals surface area contributed by atoms with Gasteiger partial charge in [-0.1, -0.05) is 12.1 Å². The molecule has 25 heavy (non-hydrogen) atoms. The average Bonchev–Trinajstić information content (AvgIpc) is 2.61. The molecule has 134 valence electrons. The van der Waals surface area contributed by atoms with Crippen LogP contribution in [0.5, 0.6) is 11.5 Å². The van der Waals surface area contributed by atoms with Crippen LogP contribution in [0, 0.1) is 5.82 Å². The molecule has 0 radical (unpaired) electrons. The van der Waals surface area contributed by atoms with Crippen LogP contribution in [-0.2, 0) is 10.0 Å². The first kappa shape index (κ1) is 18.0. The largest absolute Gasteiger partial charge is 0.493 e. The smallest absolute Gasteiger partial charge is 0.241 e. The number of sulfonamides is 1. The minimum absolute atomic E-state index is 0.0707. The Hall–Kier alpha value is -1.77. The van der Waals surface area contributed by atoms with Crippen molar-refractivity contribution in [1.82, 2.24) is 4.72 Å². The molecule has 5 nitrogen and oxygen atoms in total. The number of hydrogen-bond donors (Lipinski definition) is 1. The molecule has 0 saturated heterocycles.